The van der Waals surface area contributed by atoms with Gasteiger partial charge in [-0.25, -0.2) is 0 Å². The van der Waals surface area contributed by atoms with E-state index in [0.29, 0.717) is 16.2 Å². The summed E-state index contributed by atoms with van der Waals surface area (Å²) >= 11 is 3.97. The number of alkyl halides is 1. The number of epoxide rings is 1. The summed E-state index contributed by atoms with van der Waals surface area (Å²) in [5, 5.41) is 9.12. The summed E-state index contributed by atoms with van der Waals surface area (Å²) in [5.74, 6) is 0.714. The molecule has 2 aliphatic carbocycles. The molecule has 0 aromatic heterocycles. The topological polar surface area (TPSA) is 32.8 Å². The van der Waals surface area contributed by atoms with Crippen molar-refractivity contribution in [2.75, 3.05) is 6.61 Å². The minimum atomic E-state index is 0.0396. The number of aliphatic hydroxyl groups excluding tert-OH is 1. The van der Waals surface area contributed by atoms with Gasteiger partial charge in [-0.3, -0.25) is 0 Å². The molecule has 132 valence electrons. The van der Waals surface area contributed by atoms with Crippen molar-refractivity contribution in [3.63, 3.8) is 0 Å². The summed E-state index contributed by atoms with van der Waals surface area (Å²) in [6, 6.07) is 0. The van der Waals surface area contributed by atoms with Crippen LogP contribution in [-0.4, -0.2) is 27.7 Å². The molecule has 2 saturated carbocycles. The third-order valence-corrected chi connectivity index (χ3v) is 9.39. The van der Waals surface area contributed by atoms with E-state index in [9.17, 15) is 0 Å². The summed E-state index contributed by atoms with van der Waals surface area (Å²) in [4.78, 5) is 0.615. The second-order valence-electron chi connectivity index (χ2n) is 9.23. The maximum atomic E-state index is 9.12. The fourth-order valence-electron chi connectivity index (χ4n) is 6.17. The van der Waals surface area contributed by atoms with Crippen LogP contribution < -0.4 is 0 Å². The standard InChI is InChI=1S/C20H33BrO2/c1-14(9-13-22)6-12-20-18(4)10-8-16(21)17(2,3)15(18)7-11-19(20,5)23-20/h9,15-16,22H,6-8,10-13H2,1-5H3/b14-9+/t15-,16-,18-,19+,20-/m1/s1. The van der Waals surface area contributed by atoms with Crippen LogP contribution in [0.4, 0.5) is 0 Å². The van der Waals surface area contributed by atoms with E-state index in [0.717, 1.165) is 12.8 Å². The maximum Gasteiger partial charge on any atom is 0.104 e. The number of halogens is 1. The SMILES string of the molecule is C/C(=C\CO)CC[C@]12O[C@@]1(C)CC[C@@H]1C(C)(C)[C@H](Br)CC[C@]12C. The van der Waals surface area contributed by atoms with Crippen LogP contribution in [0.3, 0.4) is 0 Å². The molecular weight excluding hydrogens is 352 g/mol. The molecule has 1 aliphatic heterocycles. The van der Waals surface area contributed by atoms with E-state index in [1.807, 2.05) is 6.08 Å². The molecule has 5 atom stereocenters. The molecule has 23 heavy (non-hydrogen) atoms. The summed E-state index contributed by atoms with van der Waals surface area (Å²) in [5.41, 5.74) is 2.00. The highest BCUT2D eigenvalue weighted by atomic mass is 79.9. The van der Waals surface area contributed by atoms with Crippen molar-refractivity contribution in [1.82, 2.24) is 0 Å². The smallest absolute Gasteiger partial charge is 0.104 e. The molecule has 3 rings (SSSR count). The molecule has 0 aromatic rings. The van der Waals surface area contributed by atoms with E-state index in [1.54, 1.807) is 0 Å². The highest BCUT2D eigenvalue weighted by Crippen LogP contribution is 2.74. The largest absolute Gasteiger partial charge is 0.392 e. The Labute approximate surface area is 150 Å². The number of hydrogen-bond donors (Lipinski definition) is 1. The third kappa shape index (κ3) is 2.40. The van der Waals surface area contributed by atoms with Gasteiger partial charge in [-0.15, -0.1) is 0 Å². The molecule has 0 radical (unpaired) electrons. The molecule has 3 aliphatic rings. The van der Waals surface area contributed by atoms with Crippen molar-refractivity contribution in [3.8, 4) is 0 Å². The molecule has 3 fully saturated rings. The van der Waals surface area contributed by atoms with Crippen molar-refractivity contribution < 1.29 is 9.84 Å². The Balaban J connectivity index is 1.89. The number of aliphatic hydroxyl groups is 1. The summed E-state index contributed by atoms with van der Waals surface area (Å²) < 4.78 is 6.58. The van der Waals surface area contributed by atoms with Crippen LogP contribution in [0, 0.1) is 16.7 Å². The quantitative estimate of drug-likeness (QED) is 0.408. The molecule has 1 N–H and O–H groups in total. The Hall–Kier alpha value is 0.140. The molecule has 0 spiro atoms. The molecule has 0 bridgehead atoms. The van der Waals surface area contributed by atoms with Gasteiger partial charge >= 0.3 is 0 Å². The zero-order chi connectivity index (χ0) is 17.1. The number of hydrogen-bond acceptors (Lipinski definition) is 2. The van der Waals surface area contributed by atoms with E-state index in [2.05, 4.69) is 50.5 Å². The van der Waals surface area contributed by atoms with Crippen LogP contribution in [0.25, 0.3) is 0 Å². The highest BCUT2D eigenvalue weighted by molar-refractivity contribution is 9.09. The number of fused-ring (bicyclic) bond motifs is 3. The first-order chi connectivity index (χ1) is 10.6. The minimum absolute atomic E-state index is 0.0396. The van der Waals surface area contributed by atoms with Crippen molar-refractivity contribution in [1.29, 1.82) is 0 Å². The fraction of sp³-hybridized carbons (Fsp3) is 0.900. The van der Waals surface area contributed by atoms with Crippen LogP contribution in [-0.2, 0) is 4.74 Å². The van der Waals surface area contributed by atoms with Gasteiger partial charge in [0.2, 0.25) is 0 Å². The lowest BCUT2D eigenvalue weighted by Crippen LogP contribution is -2.58. The van der Waals surface area contributed by atoms with E-state index < -0.39 is 0 Å². The van der Waals surface area contributed by atoms with Crippen LogP contribution in [0.2, 0.25) is 0 Å². The van der Waals surface area contributed by atoms with E-state index in [4.69, 9.17) is 9.84 Å². The average molecular weight is 385 g/mol. The number of rotatable bonds is 4. The van der Waals surface area contributed by atoms with Crippen LogP contribution in [0.5, 0.6) is 0 Å². The Kier molecular flexibility index (Phi) is 4.35. The Bertz CT molecular complexity index is 514. The van der Waals surface area contributed by atoms with Crippen LogP contribution >= 0.6 is 15.9 Å². The van der Waals surface area contributed by atoms with Gasteiger partial charge in [-0.1, -0.05) is 48.4 Å². The normalized spacial score (nSPS) is 48.6. The first-order valence-corrected chi connectivity index (χ1v) is 10.2. The van der Waals surface area contributed by atoms with Gasteiger partial charge in [0.05, 0.1) is 12.2 Å². The van der Waals surface area contributed by atoms with E-state index >= 15 is 0 Å². The van der Waals surface area contributed by atoms with Gasteiger partial charge in [-0.05, 0) is 63.7 Å². The zero-order valence-electron chi connectivity index (χ0n) is 15.4. The minimum Gasteiger partial charge on any atom is -0.392 e. The van der Waals surface area contributed by atoms with Gasteiger partial charge < -0.3 is 9.84 Å². The van der Waals surface area contributed by atoms with Gasteiger partial charge in [0.1, 0.15) is 5.60 Å². The van der Waals surface area contributed by atoms with Crippen LogP contribution in [0.1, 0.15) is 73.1 Å². The molecule has 1 heterocycles. The van der Waals surface area contributed by atoms with Gasteiger partial charge in [0.15, 0.2) is 0 Å². The second-order valence-corrected chi connectivity index (χ2v) is 10.3. The monoisotopic (exact) mass is 384 g/mol. The summed E-state index contributed by atoms with van der Waals surface area (Å²) in [7, 11) is 0. The van der Waals surface area contributed by atoms with Crippen LogP contribution in [0.15, 0.2) is 11.6 Å². The molecule has 0 unspecified atom stereocenters. The Morgan fingerprint density at radius 2 is 1.91 bits per heavy atom. The van der Waals surface area contributed by atoms with E-state index in [-0.39, 0.29) is 23.2 Å². The summed E-state index contributed by atoms with van der Waals surface area (Å²) in [6.45, 7) is 12.0. The number of allylic oxidation sites excluding steroid dienone is 1. The first kappa shape index (κ1) is 17.9. The fourth-order valence-corrected chi connectivity index (χ4v) is 6.72. The molecule has 0 amide bonds. The first-order valence-electron chi connectivity index (χ1n) is 9.24. The van der Waals surface area contributed by atoms with Gasteiger partial charge in [-0.2, -0.15) is 0 Å². The zero-order valence-corrected chi connectivity index (χ0v) is 17.0. The molecule has 1 saturated heterocycles. The Morgan fingerprint density at radius 1 is 1.22 bits per heavy atom. The van der Waals surface area contributed by atoms with Gasteiger partial charge in [0.25, 0.3) is 0 Å². The van der Waals surface area contributed by atoms with Crippen molar-refractivity contribution in [2.45, 2.75) is 89.2 Å². The lowest BCUT2D eigenvalue weighted by molar-refractivity contribution is -0.0672. The van der Waals surface area contributed by atoms with Crippen molar-refractivity contribution >= 4 is 15.9 Å². The number of ether oxygens (including phenoxy) is 1. The van der Waals surface area contributed by atoms with Crippen molar-refractivity contribution in [2.24, 2.45) is 16.7 Å². The predicted octanol–water partition coefficient (Wildman–Crippen LogP) is 5.23. The van der Waals surface area contributed by atoms with E-state index in [1.165, 1.54) is 31.3 Å². The second kappa shape index (κ2) is 5.57. The molecule has 3 heteroatoms. The average Bonchev–Trinajstić information content (AvgIpc) is 3.10. The van der Waals surface area contributed by atoms with Gasteiger partial charge in [0, 0.05) is 10.2 Å². The lowest BCUT2D eigenvalue weighted by Gasteiger charge is -2.58. The molecule has 0 aromatic carbocycles. The molecule has 2 nitrogen and oxygen atoms in total. The lowest BCUT2D eigenvalue weighted by atomic mass is 9.46. The molecular formula is C20H33BrO2. The maximum absolute atomic E-state index is 9.12. The van der Waals surface area contributed by atoms with Crippen molar-refractivity contribution in [3.05, 3.63) is 11.6 Å². The predicted molar refractivity (Wildman–Crippen MR) is 98.9 cm³/mol. The highest BCUT2D eigenvalue weighted by Gasteiger charge is 2.79. The summed E-state index contributed by atoms with van der Waals surface area (Å²) in [6.07, 6.45) is 9.06. The Morgan fingerprint density at radius 3 is 2.57 bits per heavy atom. The third-order valence-electron chi connectivity index (χ3n) is 7.75.